The van der Waals surface area contributed by atoms with Gasteiger partial charge in [0.1, 0.15) is 11.6 Å². The summed E-state index contributed by atoms with van der Waals surface area (Å²) in [5.41, 5.74) is 0.819. The second-order valence-electron chi connectivity index (χ2n) is 5.40. The van der Waals surface area contributed by atoms with Gasteiger partial charge in [-0.05, 0) is 26.7 Å². The lowest BCUT2D eigenvalue weighted by atomic mass is 9.93. The highest BCUT2D eigenvalue weighted by Crippen LogP contribution is 2.31. The van der Waals surface area contributed by atoms with Gasteiger partial charge in [-0.25, -0.2) is 14.6 Å². The van der Waals surface area contributed by atoms with Crippen molar-refractivity contribution in [2.75, 3.05) is 11.9 Å². The van der Waals surface area contributed by atoms with Crippen molar-refractivity contribution in [1.29, 1.82) is 0 Å². The lowest BCUT2D eigenvalue weighted by Gasteiger charge is -2.28. The van der Waals surface area contributed by atoms with Gasteiger partial charge in [-0.3, -0.25) is 0 Å². The number of aryl methyl sites for hydroxylation is 1. The normalized spacial score (nSPS) is 23.1. The molecule has 108 valence electrons. The van der Waals surface area contributed by atoms with Crippen LogP contribution in [0.4, 0.5) is 5.82 Å². The maximum absolute atomic E-state index is 10.2. The Morgan fingerprint density at radius 3 is 2.90 bits per heavy atom. The van der Waals surface area contributed by atoms with Crippen LogP contribution in [0.2, 0.25) is 0 Å². The molecule has 2 aromatic heterocycles. The van der Waals surface area contributed by atoms with Crippen LogP contribution in [0.5, 0.6) is 0 Å². The third kappa shape index (κ3) is 2.24. The predicted molar refractivity (Wildman–Crippen MR) is 77.7 cm³/mol. The number of anilines is 1. The summed E-state index contributed by atoms with van der Waals surface area (Å²) in [5.74, 6) is 1.55. The average molecular weight is 275 g/mol. The lowest BCUT2D eigenvalue weighted by molar-refractivity contribution is 0.0713. The Balaban J connectivity index is 2.08. The largest absolute Gasteiger partial charge is 0.391 e. The molecule has 0 saturated heterocycles. The summed E-state index contributed by atoms with van der Waals surface area (Å²) in [6.07, 6.45) is 5.49. The maximum Gasteiger partial charge on any atom is 0.163 e. The molecule has 2 heterocycles. The Bertz CT molecular complexity index is 609. The Morgan fingerprint density at radius 2 is 2.15 bits per heavy atom. The topological polar surface area (TPSA) is 75.9 Å². The van der Waals surface area contributed by atoms with Gasteiger partial charge in [0.2, 0.25) is 0 Å². The zero-order valence-electron chi connectivity index (χ0n) is 12.0. The van der Waals surface area contributed by atoms with E-state index in [0.717, 1.165) is 54.9 Å². The summed E-state index contributed by atoms with van der Waals surface area (Å²) in [6, 6.07) is 0.0324. The monoisotopic (exact) mass is 275 g/mol. The van der Waals surface area contributed by atoms with E-state index in [-0.39, 0.29) is 12.1 Å². The van der Waals surface area contributed by atoms with Gasteiger partial charge in [-0.1, -0.05) is 12.8 Å². The van der Waals surface area contributed by atoms with Crippen molar-refractivity contribution in [3.63, 3.8) is 0 Å². The van der Waals surface area contributed by atoms with Crippen LogP contribution in [0.25, 0.3) is 11.0 Å². The molecule has 6 heteroatoms. The van der Waals surface area contributed by atoms with E-state index < -0.39 is 0 Å². The summed E-state index contributed by atoms with van der Waals surface area (Å²) in [6.45, 7) is 4.73. The van der Waals surface area contributed by atoms with E-state index in [1.165, 1.54) is 0 Å². The molecule has 0 amide bonds. The van der Waals surface area contributed by atoms with Gasteiger partial charge in [-0.2, -0.15) is 5.10 Å². The molecule has 0 aliphatic heterocycles. The van der Waals surface area contributed by atoms with E-state index in [1.54, 1.807) is 6.20 Å². The van der Waals surface area contributed by atoms with Gasteiger partial charge in [0.05, 0.1) is 23.7 Å². The Morgan fingerprint density at radius 1 is 1.35 bits per heavy atom. The molecule has 0 bridgehead atoms. The van der Waals surface area contributed by atoms with E-state index in [2.05, 4.69) is 20.4 Å². The van der Waals surface area contributed by atoms with E-state index in [4.69, 9.17) is 0 Å². The predicted octanol–water partition coefficient (Wildman–Crippen LogP) is 2.04. The number of aliphatic hydroxyl groups is 1. The molecule has 3 rings (SSSR count). The minimum Gasteiger partial charge on any atom is -0.391 e. The van der Waals surface area contributed by atoms with Crippen LogP contribution in [0.15, 0.2) is 6.20 Å². The van der Waals surface area contributed by atoms with Gasteiger partial charge >= 0.3 is 0 Å². The molecule has 1 fully saturated rings. The van der Waals surface area contributed by atoms with Crippen molar-refractivity contribution in [3.8, 4) is 0 Å². The molecule has 1 aliphatic rings. The van der Waals surface area contributed by atoms with Crippen molar-refractivity contribution in [1.82, 2.24) is 19.7 Å². The van der Waals surface area contributed by atoms with Crippen molar-refractivity contribution >= 4 is 16.9 Å². The number of rotatable bonds is 3. The van der Waals surface area contributed by atoms with Crippen molar-refractivity contribution in [3.05, 3.63) is 12.0 Å². The Labute approximate surface area is 118 Å². The molecular weight excluding hydrogens is 254 g/mol. The number of nitrogens with zero attached hydrogens (tertiary/aromatic N) is 4. The Hall–Kier alpha value is -1.69. The number of aromatic nitrogens is 4. The van der Waals surface area contributed by atoms with Crippen LogP contribution in [-0.2, 0) is 0 Å². The van der Waals surface area contributed by atoms with E-state index in [9.17, 15) is 5.11 Å². The van der Waals surface area contributed by atoms with Crippen molar-refractivity contribution in [2.24, 2.45) is 0 Å². The highest BCUT2D eigenvalue weighted by molar-refractivity contribution is 5.86. The summed E-state index contributed by atoms with van der Waals surface area (Å²) in [4.78, 5) is 8.96. The van der Waals surface area contributed by atoms with Crippen molar-refractivity contribution in [2.45, 2.75) is 51.7 Å². The second kappa shape index (κ2) is 5.36. The summed E-state index contributed by atoms with van der Waals surface area (Å²) < 4.78 is 1.88. The second-order valence-corrected chi connectivity index (χ2v) is 5.40. The van der Waals surface area contributed by atoms with Crippen LogP contribution in [0, 0.1) is 6.92 Å². The highest BCUT2D eigenvalue weighted by atomic mass is 16.3. The van der Waals surface area contributed by atoms with E-state index in [0.29, 0.717) is 0 Å². The van der Waals surface area contributed by atoms with Gasteiger partial charge in [0.25, 0.3) is 0 Å². The first-order chi connectivity index (χ1) is 9.70. The smallest absolute Gasteiger partial charge is 0.163 e. The zero-order valence-corrected chi connectivity index (χ0v) is 12.0. The number of nitrogens with one attached hydrogen (secondary N) is 1. The molecule has 0 aromatic carbocycles. The fourth-order valence-corrected chi connectivity index (χ4v) is 2.96. The first-order valence-corrected chi connectivity index (χ1v) is 7.34. The van der Waals surface area contributed by atoms with Crippen LogP contribution in [-0.4, -0.2) is 37.5 Å². The van der Waals surface area contributed by atoms with Gasteiger partial charge in [-0.15, -0.1) is 0 Å². The number of aliphatic hydroxyl groups excluding tert-OH is 1. The van der Waals surface area contributed by atoms with Gasteiger partial charge in [0, 0.05) is 6.54 Å². The molecule has 2 N–H and O–H groups in total. The van der Waals surface area contributed by atoms with Crippen molar-refractivity contribution < 1.29 is 5.11 Å². The number of fused-ring (bicyclic) bond motifs is 1. The number of hydrogen-bond donors (Lipinski definition) is 2. The molecule has 0 spiro atoms. The summed E-state index contributed by atoms with van der Waals surface area (Å²) >= 11 is 0. The SMILES string of the molecule is CCNc1nc(C)nc2c1cnn2C1CCCCC1O. The third-order valence-electron chi connectivity index (χ3n) is 3.92. The lowest BCUT2D eigenvalue weighted by Crippen LogP contribution is -2.28. The zero-order chi connectivity index (χ0) is 14.1. The minimum absolute atomic E-state index is 0.0324. The van der Waals surface area contributed by atoms with E-state index in [1.807, 2.05) is 18.5 Å². The highest BCUT2D eigenvalue weighted by Gasteiger charge is 2.27. The third-order valence-corrected chi connectivity index (χ3v) is 3.92. The van der Waals surface area contributed by atoms with Crippen LogP contribution in [0.3, 0.4) is 0 Å². The fraction of sp³-hybridized carbons (Fsp3) is 0.643. The molecule has 2 unspecified atom stereocenters. The standard InChI is InChI=1S/C14H21N5O/c1-3-15-13-10-8-16-19(14(10)18-9(2)17-13)11-6-4-5-7-12(11)20/h8,11-12,20H,3-7H2,1-2H3,(H,15,17,18). The van der Waals surface area contributed by atoms with Crippen LogP contribution >= 0.6 is 0 Å². The Kier molecular flexibility index (Phi) is 3.56. The van der Waals surface area contributed by atoms with Gasteiger partial charge in [0.15, 0.2) is 5.65 Å². The molecule has 1 saturated carbocycles. The molecule has 2 atom stereocenters. The average Bonchev–Trinajstić information content (AvgIpc) is 2.83. The first kappa shape index (κ1) is 13.3. The van der Waals surface area contributed by atoms with Crippen LogP contribution < -0.4 is 5.32 Å². The molecule has 20 heavy (non-hydrogen) atoms. The molecule has 1 aliphatic carbocycles. The summed E-state index contributed by atoms with van der Waals surface area (Å²) in [5, 5.41) is 18.9. The van der Waals surface area contributed by atoms with E-state index >= 15 is 0 Å². The van der Waals surface area contributed by atoms with Gasteiger partial charge < -0.3 is 10.4 Å². The molecule has 2 aromatic rings. The minimum atomic E-state index is -0.329. The number of hydrogen-bond acceptors (Lipinski definition) is 5. The molecule has 0 radical (unpaired) electrons. The maximum atomic E-state index is 10.2. The molecule has 6 nitrogen and oxygen atoms in total. The summed E-state index contributed by atoms with van der Waals surface area (Å²) in [7, 11) is 0. The first-order valence-electron chi connectivity index (χ1n) is 7.34. The fourth-order valence-electron chi connectivity index (χ4n) is 2.96. The quantitative estimate of drug-likeness (QED) is 0.896. The molecular formula is C14H21N5O. The van der Waals surface area contributed by atoms with Crippen LogP contribution in [0.1, 0.15) is 44.5 Å².